The van der Waals surface area contributed by atoms with E-state index in [1.54, 1.807) is 5.51 Å². The molecule has 1 amide bonds. The van der Waals surface area contributed by atoms with Crippen LogP contribution in [-0.2, 0) is 4.79 Å². The summed E-state index contributed by atoms with van der Waals surface area (Å²) in [4.78, 5) is 12.7. The molecule has 0 saturated carbocycles. The monoisotopic (exact) mass is 345 g/mol. The van der Waals surface area contributed by atoms with E-state index >= 15 is 0 Å². The van der Waals surface area contributed by atoms with Gasteiger partial charge in [-0.05, 0) is 29.8 Å². The van der Waals surface area contributed by atoms with Crippen LogP contribution in [0.4, 0.5) is 10.1 Å². The van der Waals surface area contributed by atoms with Crippen LogP contribution < -0.4 is 5.32 Å². The average Bonchev–Trinajstić information content (AvgIpc) is 3.09. The van der Waals surface area contributed by atoms with Gasteiger partial charge in [-0.25, -0.2) is 4.39 Å². The van der Waals surface area contributed by atoms with Crippen LogP contribution in [0.1, 0.15) is 10.8 Å². The highest BCUT2D eigenvalue weighted by molar-refractivity contribution is 8.01. The van der Waals surface area contributed by atoms with Gasteiger partial charge in [0.2, 0.25) is 5.91 Å². The van der Waals surface area contributed by atoms with E-state index in [-0.39, 0.29) is 11.7 Å². The van der Waals surface area contributed by atoms with Gasteiger partial charge >= 0.3 is 0 Å². The molecule has 1 heterocycles. The standard InChI is InChI=1S/C16H12FN3OS2/c17-12-6-8-13(9-7-12)19-15(21)14(11-4-2-1-3-5-11)23-16-20-18-10-22-16/h1-10,14H,(H,19,21). The zero-order chi connectivity index (χ0) is 16.1. The van der Waals surface area contributed by atoms with Gasteiger partial charge in [-0.15, -0.1) is 10.2 Å². The fraction of sp³-hybridized carbons (Fsp3) is 0.0625. The fourth-order valence-corrected chi connectivity index (χ4v) is 3.63. The Bertz CT molecular complexity index is 764. The van der Waals surface area contributed by atoms with Gasteiger partial charge < -0.3 is 5.32 Å². The third-order valence-corrected chi connectivity index (χ3v) is 5.08. The number of hydrogen-bond donors (Lipinski definition) is 1. The van der Waals surface area contributed by atoms with Crippen LogP contribution in [0.15, 0.2) is 64.4 Å². The van der Waals surface area contributed by atoms with Gasteiger partial charge in [0.05, 0.1) is 0 Å². The normalized spacial score (nSPS) is 11.9. The summed E-state index contributed by atoms with van der Waals surface area (Å²) >= 11 is 2.72. The molecular weight excluding hydrogens is 333 g/mol. The first-order valence-corrected chi connectivity index (χ1v) is 8.52. The number of thioether (sulfide) groups is 1. The Kier molecular flexibility index (Phi) is 4.99. The number of halogens is 1. The van der Waals surface area contributed by atoms with Crippen molar-refractivity contribution in [3.05, 3.63) is 71.5 Å². The van der Waals surface area contributed by atoms with Crippen LogP contribution in [0.25, 0.3) is 0 Å². The van der Waals surface area contributed by atoms with Crippen LogP contribution in [0, 0.1) is 5.82 Å². The van der Waals surface area contributed by atoms with Gasteiger partial charge in [0, 0.05) is 5.69 Å². The third-order valence-electron chi connectivity index (χ3n) is 3.01. The lowest BCUT2D eigenvalue weighted by atomic mass is 10.1. The van der Waals surface area contributed by atoms with E-state index in [9.17, 15) is 9.18 Å². The Hall–Kier alpha value is -2.25. The number of carbonyl (C=O) groups is 1. The Labute approximate surface area is 140 Å². The summed E-state index contributed by atoms with van der Waals surface area (Å²) in [5.74, 6) is -0.533. The minimum atomic E-state index is -0.464. The van der Waals surface area contributed by atoms with Crippen LogP contribution in [0.2, 0.25) is 0 Å². The number of hydrogen-bond acceptors (Lipinski definition) is 5. The number of nitrogens with zero attached hydrogens (tertiary/aromatic N) is 2. The fourth-order valence-electron chi connectivity index (χ4n) is 1.96. The van der Waals surface area contributed by atoms with Gasteiger partial charge in [0.1, 0.15) is 16.6 Å². The van der Waals surface area contributed by atoms with Crippen molar-refractivity contribution in [2.75, 3.05) is 5.32 Å². The molecular formula is C16H12FN3OS2. The molecule has 23 heavy (non-hydrogen) atoms. The lowest BCUT2D eigenvalue weighted by molar-refractivity contribution is -0.115. The first-order valence-electron chi connectivity index (χ1n) is 6.76. The molecule has 1 unspecified atom stereocenters. The number of amides is 1. The molecule has 0 bridgehead atoms. The van der Waals surface area contributed by atoms with Crippen LogP contribution in [0.5, 0.6) is 0 Å². The van der Waals surface area contributed by atoms with E-state index < -0.39 is 5.25 Å². The zero-order valence-corrected chi connectivity index (χ0v) is 13.5. The minimum absolute atomic E-state index is 0.192. The summed E-state index contributed by atoms with van der Waals surface area (Å²) < 4.78 is 13.7. The number of anilines is 1. The molecule has 0 aliphatic rings. The average molecular weight is 345 g/mol. The Morgan fingerprint density at radius 3 is 2.52 bits per heavy atom. The summed E-state index contributed by atoms with van der Waals surface area (Å²) in [6.07, 6.45) is 0. The molecule has 0 spiro atoms. The molecule has 0 radical (unpaired) electrons. The summed E-state index contributed by atoms with van der Waals surface area (Å²) in [5.41, 5.74) is 3.05. The zero-order valence-electron chi connectivity index (χ0n) is 11.8. The van der Waals surface area contributed by atoms with E-state index in [0.29, 0.717) is 10.0 Å². The highest BCUT2D eigenvalue weighted by Gasteiger charge is 2.23. The van der Waals surface area contributed by atoms with E-state index in [4.69, 9.17) is 0 Å². The van der Waals surface area contributed by atoms with Crippen molar-refractivity contribution in [2.24, 2.45) is 0 Å². The Balaban J connectivity index is 1.82. The van der Waals surface area contributed by atoms with Crippen molar-refractivity contribution in [3.8, 4) is 0 Å². The topological polar surface area (TPSA) is 54.9 Å². The van der Waals surface area contributed by atoms with E-state index in [1.165, 1.54) is 47.4 Å². The maximum Gasteiger partial charge on any atom is 0.242 e. The summed E-state index contributed by atoms with van der Waals surface area (Å²) in [6, 6.07) is 15.1. The van der Waals surface area contributed by atoms with Crippen molar-refractivity contribution in [3.63, 3.8) is 0 Å². The summed E-state index contributed by atoms with van der Waals surface area (Å²) in [7, 11) is 0. The van der Waals surface area contributed by atoms with Crippen molar-refractivity contribution in [2.45, 2.75) is 9.59 Å². The molecule has 0 saturated heterocycles. The Morgan fingerprint density at radius 1 is 1.13 bits per heavy atom. The summed E-state index contributed by atoms with van der Waals surface area (Å²) in [5, 5.41) is 10.1. The van der Waals surface area contributed by atoms with Crippen molar-refractivity contribution in [1.82, 2.24) is 10.2 Å². The SMILES string of the molecule is O=C(Nc1ccc(F)cc1)C(Sc1nncs1)c1ccccc1. The van der Waals surface area contributed by atoms with E-state index in [1.807, 2.05) is 30.3 Å². The first kappa shape index (κ1) is 15.6. The van der Waals surface area contributed by atoms with Gasteiger partial charge in [-0.2, -0.15) is 0 Å². The lowest BCUT2D eigenvalue weighted by Gasteiger charge is -2.15. The molecule has 1 aromatic heterocycles. The summed E-state index contributed by atoms with van der Waals surface area (Å²) in [6.45, 7) is 0. The lowest BCUT2D eigenvalue weighted by Crippen LogP contribution is -2.19. The first-order chi connectivity index (χ1) is 11.2. The maximum atomic E-state index is 13.0. The number of carbonyl (C=O) groups excluding carboxylic acids is 1. The number of nitrogens with one attached hydrogen (secondary N) is 1. The highest BCUT2D eigenvalue weighted by Crippen LogP contribution is 2.36. The number of rotatable bonds is 5. The molecule has 116 valence electrons. The van der Waals surface area contributed by atoms with Crippen LogP contribution in [0.3, 0.4) is 0 Å². The molecule has 3 aromatic rings. The van der Waals surface area contributed by atoms with E-state index in [0.717, 1.165) is 5.56 Å². The maximum absolute atomic E-state index is 13.0. The smallest absolute Gasteiger partial charge is 0.242 e. The molecule has 0 aliphatic carbocycles. The van der Waals surface area contributed by atoms with Crippen LogP contribution >= 0.6 is 23.1 Å². The second kappa shape index (κ2) is 7.34. The molecule has 1 atom stereocenters. The van der Waals surface area contributed by atoms with E-state index in [2.05, 4.69) is 15.5 Å². The van der Waals surface area contributed by atoms with Gasteiger partial charge in [0.25, 0.3) is 0 Å². The third kappa shape index (κ3) is 4.14. The van der Waals surface area contributed by atoms with Gasteiger partial charge in [-0.3, -0.25) is 4.79 Å². The second-order valence-electron chi connectivity index (χ2n) is 4.61. The quantitative estimate of drug-likeness (QED) is 0.706. The number of aromatic nitrogens is 2. The predicted molar refractivity (Wildman–Crippen MR) is 90.0 cm³/mol. The molecule has 0 aliphatic heterocycles. The van der Waals surface area contributed by atoms with Crippen molar-refractivity contribution < 1.29 is 9.18 Å². The van der Waals surface area contributed by atoms with Crippen molar-refractivity contribution >= 4 is 34.7 Å². The Morgan fingerprint density at radius 2 is 1.87 bits per heavy atom. The molecule has 0 fully saturated rings. The van der Waals surface area contributed by atoms with Crippen molar-refractivity contribution in [1.29, 1.82) is 0 Å². The second-order valence-corrected chi connectivity index (χ2v) is 6.79. The molecule has 2 aromatic carbocycles. The minimum Gasteiger partial charge on any atom is -0.325 e. The molecule has 4 nitrogen and oxygen atoms in total. The molecule has 7 heteroatoms. The van der Waals surface area contributed by atoms with Gasteiger partial charge in [-0.1, -0.05) is 53.4 Å². The molecule has 3 rings (SSSR count). The molecule has 1 N–H and O–H groups in total. The number of benzene rings is 2. The largest absolute Gasteiger partial charge is 0.325 e. The van der Waals surface area contributed by atoms with Crippen LogP contribution in [-0.4, -0.2) is 16.1 Å². The highest BCUT2D eigenvalue weighted by atomic mass is 32.2. The predicted octanol–water partition coefficient (Wildman–Crippen LogP) is 4.15. The van der Waals surface area contributed by atoms with Gasteiger partial charge in [0.15, 0.2) is 4.34 Å².